The van der Waals surface area contributed by atoms with Gasteiger partial charge in [0.1, 0.15) is 0 Å². The van der Waals surface area contributed by atoms with Gasteiger partial charge in [-0.2, -0.15) is 10.2 Å². The van der Waals surface area contributed by atoms with Crippen LogP contribution < -0.4 is 9.47 Å². The van der Waals surface area contributed by atoms with Crippen molar-refractivity contribution in [2.45, 2.75) is 13.5 Å². The minimum atomic E-state index is 0.136. The van der Waals surface area contributed by atoms with E-state index in [2.05, 4.69) is 16.2 Å². The second kappa shape index (κ2) is 6.84. The Labute approximate surface area is 139 Å². The minimum absolute atomic E-state index is 0.136. The summed E-state index contributed by atoms with van der Waals surface area (Å²) in [4.78, 5) is 4.33. The van der Waals surface area contributed by atoms with Gasteiger partial charge in [-0.15, -0.1) is 0 Å². The van der Waals surface area contributed by atoms with Gasteiger partial charge in [0.15, 0.2) is 18.1 Å². The summed E-state index contributed by atoms with van der Waals surface area (Å²) < 4.78 is 16.2. The SMILES string of the molecule is COc1cc(C#N)ccc1OCc1noc(-c2cccc(C)c2)n1. The summed E-state index contributed by atoms with van der Waals surface area (Å²) in [7, 11) is 1.52. The first-order chi connectivity index (χ1) is 11.7. The molecule has 0 spiro atoms. The Morgan fingerprint density at radius 3 is 2.79 bits per heavy atom. The third kappa shape index (κ3) is 3.36. The van der Waals surface area contributed by atoms with E-state index < -0.39 is 0 Å². The van der Waals surface area contributed by atoms with Gasteiger partial charge in [0.05, 0.1) is 18.7 Å². The Kier molecular flexibility index (Phi) is 4.43. The van der Waals surface area contributed by atoms with E-state index >= 15 is 0 Å². The van der Waals surface area contributed by atoms with Gasteiger partial charge in [-0.05, 0) is 31.2 Å². The van der Waals surface area contributed by atoms with Crippen LogP contribution in [0, 0.1) is 18.3 Å². The van der Waals surface area contributed by atoms with E-state index in [0.29, 0.717) is 28.8 Å². The molecule has 0 unspecified atom stereocenters. The Morgan fingerprint density at radius 1 is 1.17 bits per heavy atom. The molecule has 0 aliphatic heterocycles. The van der Waals surface area contributed by atoms with E-state index in [9.17, 15) is 0 Å². The molecular formula is C18H15N3O3. The van der Waals surface area contributed by atoms with E-state index in [0.717, 1.165) is 11.1 Å². The highest BCUT2D eigenvalue weighted by molar-refractivity contribution is 5.53. The first-order valence-electron chi connectivity index (χ1n) is 7.30. The van der Waals surface area contributed by atoms with Crippen molar-refractivity contribution in [2.24, 2.45) is 0 Å². The Morgan fingerprint density at radius 2 is 2.04 bits per heavy atom. The number of nitrogens with zero attached hydrogens (tertiary/aromatic N) is 3. The van der Waals surface area contributed by atoms with Crippen molar-refractivity contribution in [3.05, 3.63) is 59.4 Å². The fraction of sp³-hybridized carbons (Fsp3) is 0.167. The lowest BCUT2D eigenvalue weighted by Gasteiger charge is -2.08. The topological polar surface area (TPSA) is 81.2 Å². The van der Waals surface area contributed by atoms with Gasteiger partial charge in [0, 0.05) is 11.6 Å². The van der Waals surface area contributed by atoms with Crippen LogP contribution in [0.25, 0.3) is 11.5 Å². The van der Waals surface area contributed by atoms with Gasteiger partial charge in [-0.25, -0.2) is 0 Å². The van der Waals surface area contributed by atoms with Crippen molar-refractivity contribution < 1.29 is 14.0 Å². The number of aryl methyl sites for hydroxylation is 1. The van der Waals surface area contributed by atoms with Crippen LogP contribution in [0.5, 0.6) is 11.5 Å². The number of methoxy groups -OCH3 is 1. The third-order valence-corrected chi connectivity index (χ3v) is 3.38. The monoisotopic (exact) mass is 321 g/mol. The summed E-state index contributed by atoms with van der Waals surface area (Å²) in [6.45, 7) is 2.14. The summed E-state index contributed by atoms with van der Waals surface area (Å²) >= 11 is 0. The highest BCUT2D eigenvalue weighted by Crippen LogP contribution is 2.28. The van der Waals surface area contributed by atoms with Crippen molar-refractivity contribution >= 4 is 0 Å². The number of hydrogen-bond donors (Lipinski definition) is 0. The van der Waals surface area contributed by atoms with Crippen LogP contribution in [-0.2, 0) is 6.61 Å². The van der Waals surface area contributed by atoms with Crippen molar-refractivity contribution in [1.82, 2.24) is 10.1 Å². The molecule has 0 saturated carbocycles. The lowest BCUT2D eigenvalue weighted by Crippen LogP contribution is -1.99. The average Bonchev–Trinajstić information content (AvgIpc) is 3.09. The van der Waals surface area contributed by atoms with Crippen LogP contribution in [0.1, 0.15) is 17.0 Å². The second-order valence-corrected chi connectivity index (χ2v) is 5.15. The number of hydrogen-bond acceptors (Lipinski definition) is 6. The molecule has 0 aliphatic rings. The molecule has 0 fully saturated rings. The Balaban J connectivity index is 1.73. The summed E-state index contributed by atoms with van der Waals surface area (Å²) in [5.74, 6) is 1.87. The molecule has 3 aromatic rings. The molecular weight excluding hydrogens is 306 g/mol. The molecule has 1 aromatic heterocycles. The Bertz CT molecular complexity index is 897. The lowest BCUT2D eigenvalue weighted by atomic mass is 10.1. The zero-order valence-corrected chi connectivity index (χ0v) is 13.3. The zero-order chi connectivity index (χ0) is 16.9. The molecule has 0 radical (unpaired) electrons. The first kappa shape index (κ1) is 15.6. The molecule has 0 atom stereocenters. The molecule has 0 saturated heterocycles. The van der Waals surface area contributed by atoms with E-state index in [4.69, 9.17) is 19.3 Å². The lowest BCUT2D eigenvalue weighted by molar-refractivity contribution is 0.270. The van der Waals surface area contributed by atoms with Crippen molar-refractivity contribution in [2.75, 3.05) is 7.11 Å². The quantitative estimate of drug-likeness (QED) is 0.715. The van der Waals surface area contributed by atoms with Crippen LogP contribution in [0.2, 0.25) is 0 Å². The average molecular weight is 321 g/mol. The van der Waals surface area contributed by atoms with E-state index in [1.807, 2.05) is 31.2 Å². The number of benzene rings is 2. The minimum Gasteiger partial charge on any atom is -0.493 e. The number of aromatic nitrogens is 2. The maximum Gasteiger partial charge on any atom is 0.258 e. The maximum absolute atomic E-state index is 8.91. The van der Waals surface area contributed by atoms with Crippen molar-refractivity contribution in [1.29, 1.82) is 5.26 Å². The predicted molar refractivity (Wildman–Crippen MR) is 86.5 cm³/mol. The third-order valence-electron chi connectivity index (χ3n) is 3.38. The van der Waals surface area contributed by atoms with Gasteiger partial charge in [0.25, 0.3) is 5.89 Å². The van der Waals surface area contributed by atoms with Gasteiger partial charge >= 0.3 is 0 Å². The highest BCUT2D eigenvalue weighted by Gasteiger charge is 2.11. The van der Waals surface area contributed by atoms with Crippen molar-refractivity contribution in [3.63, 3.8) is 0 Å². The molecule has 24 heavy (non-hydrogen) atoms. The smallest absolute Gasteiger partial charge is 0.258 e. The molecule has 6 nitrogen and oxygen atoms in total. The zero-order valence-electron chi connectivity index (χ0n) is 13.3. The molecule has 2 aromatic carbocycles. The molecule has 6 heteroatoms. The predicted octanol–water partition coefficient (Wildman–Crippen LogP) is 3.50. The second-order valence-electron chi connectivity index (χ2n) is 5.15. The van der Waals surface area contributed by atoms with Crippen LogP contribution in [-0.4, -0.2) is 17.3 Å². The summed E-state index contributed by atoms with van der Waals surface area (Å²) in [6.07, 6.45) is 0. The van der Waals surface area contributed by atoms with Crippen LogP contribution in [0.4, 0.5) is 0 Å². The number of rotatable bonds is 5. The number of nitriles is 1. The standard InChI is InChI=1S/C18H15N3O3/c1-12-4-3-5-14(8-12)18-20-17(21-24-18)11-23-15-7-6-13(10-19)9-16(15)22-2/h3-9H,11H2,1-2H3. The first-order valence-corrected chi connectivity index (χ1v) is 7.30. The maximum atomic E-state index is 8.91. The summed E-state index contributed by atoms with van der Waals surface area (Å²) in [6, 6.07) is 14.8. The van der Waals surface area contributed by atoms with E-state index in [1.54, 1.807) is 18.2 Å². The van der Waals surface area contributed by atoms with E-state index in [-0.39, 0.29) is 6.61 Å². The van der Waals surface area contributed by atoms with Gasteiger partial charge in [0.2, 0.25) is 5.82 Å². The Hall–Kier alpha value is -3.33. The number of ether oxygens (including phenoxy) is 2. The molecule has 0 bridgehead atoms. The van der Waals surface area contributed by atoms with E-state index in [1.165, 1.54) is 7.11 Å². The van der Waals surface area contributed by atoms with Gasteiger partial charge in [-0.1, -0.05) is 22.9 Å². The highest BCUT2D eigenvalue weighted by atomic mass is 16.5. The fourth-order valence-electron chi connectivity index (χ4n) is 2.21. The largest absolute Gasteiger partial charge is 0.493 e. The van der Waals surface area contributed by atoms with Crippen molar-refractivity contribution in [3.8, 4) is 29.0 Å². The molecule has 0 amide bonds. The molecule has 120 valence electrons. The molecule has 1 heterocycles. The van der Waals surface area contributed by atoms with Gasteiger partial charge in [-0.3, -0.25) is 0 Å². The molecule has 3 rings (SSSR count). The van der Waals surface area contributed by atoms with Crippen LogP contribution in [0.3, 0.4) is 0 Å². The normalized spacial score (nSPS) is 10.2. The fourth-order valence-corrected chi connectivity index (χ4v) is 2.21. The van der Waals surface area contributed by atoms with Crippen LogP contribution >= 0.6 is 0 Å². The molecule has 0 aliphatic carbocycles. The van der Waals surface area contributed by atoms with Gasteiger partial charge < -0.3 is 14.0 Å². The summed E-state index contributed by atoms with van der Waals surface area (Å²) in [5.41, 5.74) is 2.48. The summed E-state index contributed by atoms with van der Waals surface area (Å²) in [5, 5.41) is 12.8. The van der Waals surface area contributed by atoms with Crippen LogP contribution in [0.15, 0.2) is 47.0 Å². The molecule has 0 N–H and O–H groups in total.